The van der Waals surface area contributed by atoms with Gasteiger partial charge in [-0.15, -0.1) is 0 Å². The SMILES string of the molecule is CCOC(=O)C1(F)CCN(c2ncc(-c3cn4c(Cc5ccccc5OC(F)F)c(C)nc4cc3F)cn2)CC1. The van der Waals surface area contributed by atoms with Gasteiger partial charge in [0.1, 0.15) is 17.2 Å². The third-order valence-corrected chi connectivity index (χ3v) is 6.98. The van der Waals surface area contributed by atoms with E-state index in [0.29, 0.717) is 34.1 Å². The van der Waals surface area contributed by atoms with E-state index < -0.39 is 24.1 Å². The molecule has 0 bridgehead atoms. The minimum Gasteiger partial charge on any atom is -0.464 e. The van der Waals surface area contributed by atoms with Gasteiger partial charge in [-0.3, -0.25) is 0 Å². The van der Waals surface area contributed by atoms with Crippen molar-refractivity contribution in [1.82, 2.24) is 19.4 Å². The number of carbonyl (C=O) groups is 1. The largest absolute Gasteiger partial charge is 0.464 e. The van der Waals surface area contributed by atoms with Gasteiger partial charge >= 0.3 is 12.6 Å². The molecular formula is C28H27F4N5O3. The number of ether oxygens (including phenoxy) is 2. The Morgan fingerprint density at radius 1 is 1.15 bits per heavy atom. The lowest BCUT2D eigenvalue weighted by Crippen LogP contribution is -2.47. The van der Waals surface area contributed by atoms with E-state index in [9.17, 15) is 18.0 Å². The van der Waals surface area contributed by atoms with Crippen LogP contribution >= 0.6 is 0 Å². The first-order valence-corrected chi connectivity index (χ1v) is 12.8. The van der Waals surface area contributed by atoms with Crippen molar-refractivity contribution < 1.29 is 31.8 Å². The molecule has 3 aromatic heterocycles. The maximum atomic E-state index is 15.2. The lowest BCUT2D eigenvalue weighted by molar-refractivity contribution is -0.158. The molecule has 1 aromatic carbocycles. The number of para-hydroxylation sites is 1. The number of pyridine rings is 1. The molecule has 1 aliphatic heterocycles. The summed E-state index contributed by atoms with van der Waals surface area (Å²) in [5.41, 5.74) is 0.799. The Kier molecular flexibility index (Phi) is 7.59. The summed E-state index contributed by atoms with van der Waals surface area (Å²) < 4.78 is 67.1. The fourth-order valence-corrected chi connectivity index (χ4v) is 4.85. The summed E-state index contributed by atoms with van der Waals surface area (Å²) in [6.45, 7) is 0.997. The standard InChI is InChI=1S/C28H27F4N5O3/c1-3-39-25(38)28(32)8-10-36(11-9-28)27-33-14-19(15-34-27)20-16-37-22(17(2)35-24(37)13-21(20)29)12-18-6-4-5-7-23(18)40-26(30)31/h4-7,13-16,26H,3,8-12H2,1-2H3. The van der Waals surface area contributed by atoms with E-state index >= 15 is 4.39 Å². The number of halogens is 4. The molecule has 0 spiro atoms. The molecule has 0 N–H and O–H groups in total. The molecule has 12 heteroatoms. The highest BCUT2D eigenvalue weighted by atomic mass is 19.3. The van der Waals surface area contributed by atoms with Crippen LogP contribution in [-0.2, 0) is 16.0 Å². The molecule has 0 saturated carbocycles. The molecule has 210 valence electrons. The molecule has 1 aliphatic rings. The minimum absolute atomic E-state index is 0.0452. The molecule has 0 unspecified atom stereocenters. The van der Waals surface area contributed by atoms with Crippen molar-refractivity contribution in [3.63, 3.8) is 0 Å². The van der Waals surface area contributed by atoms with E-state index in [1.807, 2.05) is 0 Å². The van der Waals surface area contributed by atoms with Crippen molar-refractivity contribution in [3.8, 4) is 16.9 Å². The molecule has 4 aromatic rings. The van der Waals surface area contributed by atoms with Crippen molar-refractivity contribution in [2.24, 2.45) is 0 Å². The third kappa shape index (κ3) is 5.43. The molecule has 1 fully saturated rings. The zero-order chi connectivity index (χ0) is 28.4. The second-order valence-electron chi connectivity index (χ2n) is 9.51. The minimum atomic E-state index is -2.96. The Labute approximate surface area is 227 Å². The Bertz CT molecular complexity index is 1520. The summed E-state index contributed by atoms with van der Waals surface area (Å²) in [6.07, 6.45) is 4.67. The number of carbonyl (C=O) groups excluding carboxylic acids is 1. The Morgan fingerprint density at radius 2 is 1.85 bits per heavy atom. The topological polar surface area (TPSA) is 81.9 Å². The fraction of sp³-hybridized carbons (Fsp3) is 0.357. The van der Waals surface area contributed by atoms with Crippen molar-refractivity contribution >= 4 is 17.6 Å². The zero-order valence-electron chi connectivity index (χ0n) is 21.9. The summed E-state index contributed by atoms with van der Waals surface area (Å²) in [7, 11) is 0. The Morgan fingerprint density at radius 3 is 2.52 bits per heavy atom. The van der Waals surface area contributed by atoms with Gasteiger partial charge in [-0.05, 0) is 19.9 Å². The first-order chi connectivity index (χ1) is 19.2. The van der Waals surface area contributed by atoms with Crippen LogP contribution in [0.2, 0.25) is 0 Å². The lowest BCUT2D eigenvalue weighted by atomic mass is 9.93. The van der Waals surface area contributed by atoms with Crippen molar-refractivity contribution in [1.29, 1.82) is 0 Å². The van der Waals surface area contributed by atoms with Crippen molar-refractivity contribution in [2.45, 2.75) is 45.4 Å². The van der Waals surface area contributed by atoms with E-state index in [0.717, 1.165) is 0 Å². The smallest absolute Gasteiger partial charge is 0.387 e. The zero-order valence-corrected chi connectivity index (χ0v) is 21.9. The highest BCUT2D eigenvalue weighted by Gasteiger charge is 2.43. The Balaban J connectivity index is 1.39. The number of rotatable bonds is 8. The van der Waals surface area contributed by atoms with Gasteiger partial charge in [-0.25, -0.2) is 28.5 Å². The number of anilines is 1. The normalized spacial score (nSPS) is 15.0. The van der Waals surface area contributed by atoms with Crippen LogP contribution in [0.4, 0.5) is 23.5 Å². The second kappa shape index (κ2) is 11.1. The quantitative estimate of drug-likeness (QED) is 0.215. The predicted molar refractivity (Wildman–Crippen MR) is 139 cm³/mol. The van der Waals surface area contributed by atoms with E-state index in [4.69, 9.17) is 4.74 Å². The van der Waals surface area contributed by atoms with Crippen LogP contribution in [0.15, 0.2) is 48.9 Å². The van der Waals surface area contributed by atoms with Crippen LogP contribution in [0.5, 0.6) is 5.75 Å². The second-order valence-corrected chi connectivity index (χ2v) is 9.51. The van der Waals surface area contributed by atoms with Crippen molar-refractivity contribution in [2.75, 3.05) is 24.6 Å². The summed E-state index contributed by atoms with van der Waals surface area (Å²) in [6, 6.07) is 7.79. The number of esters is 1. The highest BCUT2D eigenvalue weighted by molar-refractivity contribution is 5.80. The first kappa shape index (κ1) is 27.4. The number of alkyl halides is 3. The molecule has 8 nitrogen and oxygen atoms in total. The van der Waals surface area contributed by atoms with Gasteiger partial charge in [-0.2, -0.15) is 8.78 Å². The average molecular weight is 558 g/mol. The summed E-state index contributed by atoms with van der Waals surface area (Å²) >= 11 is 0. The van der Waals surface area contributed by atoms with Gasteiger partial charge in [0.15, 0.2) is 0 Å². The van der Waals surface area contributed by atoms with E-state index in [1.54, 1.807) is 47.5 Å². The number of fused-ring (bicyclic) bond motifs is 1. The van der Waals surface area contributed by atoms with Crippen LogP contribution in [0.1, 0.15) is 36.7 Å². The molecule has 0 aliphatic carbocycles. The number of hydrogen-bond acceptors (Lipinski definition) is 7. The summed E-state index contributed by atoms with van der Waals surface area (Å²) in [4.78, 5) is 26.9. The van der Waals surface area contributed by atoms with Crippen LogP contribution < -0.4 is 9.64 Å². The predicted octanol–water partition coefficient (Wildman–Crippen LogP) is 5.30. The number of imidazole rings is 1. The van der Waals surface area contributed by atoms with E-state index in [-0.39, 0.29) is 50.3 Å². The van der Waals surface area contributed by atoms with E-state index in [2.05, 4.69) is 19.7 Å². The molecule has 0 amide bonds. The van der Waals surface area contributed by atoms with Crippen LogP contribution in [-0.4, -0.2) is 57.3 Å². The van der Waals surface area contributed by atoms with Gasteiger partial charge in [-0.1, -0.05) is 18.2 Å². The van der Waals surface area contributed by atoms with Crippen molar-refractivity contribution in [3.05, 3.63) is 71.7 Å². The van der Waals surface area contributed by atoms with E-state index in [1.165, 1.54) is 24.5 Å². The van der Waals surface area contributed by atoms with Crippen LogP contribution in [0.3, 0.4) is 0 Å². The number of hydrogen-bond donors (Lipinski definition) is 0. The molecule has 0 radical (unpaired) electrons. The Hall–Kier alpha value is -4.22. The first-order valence-electron chi connectivity index (χ1n) is 12.8. The number of aryl methyl sites for hydroxylation is 1. The fourth-order valence-electron chi connectivity index (χ4n) is 4.85. The van der Waals surface area contributed by atoms with Gasteiger partial charge in [0.05, 0.1) is 12.3 Å². The average Bonchev–Trinajstić information content (AvgIpc) is 3.23. The molecule has 40 heavy (non-hydrogen) atoms. The van der Waals surface area contributed by atoms with Gasteiger partial charge < -0.3 is 18.8 Å². The number of benzene rings is 1. The molecule has 5 rings (SSSR count). The maximum absolute atomic E-state index is 15.2. The van der Waals surface area contributed by atoms with Gasteiger partial charge in [0, 0.05) is 79.4 Å². The number of piperidine rings is 1. The molecule has 4 heterocycles. The number of nitrogens with zero attached hydrogens (tertiary/aromatic N) is 5. The lowest BCUT2D eigenvalue weighted by Gasteiger charge is -2.34. The molecular weight excluding hydrogens is 530 g/mol. The molecule has 0 atom stereocenters. The van der Waals surface area contributed by atoms with Crippen LogP contribution in [0.25, 0.3) is 16.8 Å². The summed E-state index contributed by atoms with van der Waals surface area (Å²) in [5, 5.41) is 0. The highest BCUT2D eigenvalue weighted by Crippen LogP contribution is 2.31. The third-order valence-electron chi connectivity index (χ3n) is 6.98. The monoisotopic (exact) mass is 557 g/mol. The summed E-state index contributed by atoms with van der Waals surface area (Å²) in [5.74, 6) is -0.985. The molecule has 1 saturated heterocycles. The number of aromatic nitrogens is 4. The van der Waals surface area contributed by atoms with Crippen LogP contribution in [0, 0.1) is 12.7 Å². The van der Waals surface area contributed by atoms with Gasteiger partial charge in [0.2, 0.25) is 11.6 Å². The van der Waals surface area contributed by atoms with Gasteiger partial charge in [0.25, 0.3) is 0 Å². The maximum Gasteiger partial charge on any atom is 0.387 e.